The van der Waals surface area contributed by atoms with E-state index in [-0.39, 0.29) is 25.8 Å². The van der Waals surface area contributed by atoms with Crippen LogP contribution in [0, 0.1) is 6.07 Å². The second-order valence-corrected chi connectivity index (χ2v) is 3.96. The summed E-state index contributed by atoms with van der Waals surface area (Å²) in [5.74, 6) is 0. The zero-order valence-electron chi connectivity index (χ0n) is 11.4. The summed E-state index contributed by atoms with van der Waals surface area (Å²) in [5, 5.41) is 8.44. The molecule has 0 aliphatic rings. The fourth-order valence-electron chi connectivity index (χ4n) is 1.39. The smallest absolute Gasteiger partial charge is 0.808 e. The van der Waals surface area contributed by atoms with Crippen molar-refractivity contribution in [2.24, 2.45) is 0 Å². The quantitative estimate of drug-likeness (QED) is 0.498. The molecule has 1 aromatic heterocycles. The SMILES string of the molecule is CC(=[N-])C=C(C)[NH-].[Ir+3].[c-]1ccccc1-c1ccccn1. The Morgan fingerprint density at radius 3 is 2.30 bits per heavy atom. The monoisotopic (exact) mass is 443 g/mol. The molecule has 0 spiro atoms. The predicted molar refractivity (Wildman–Crippen MR) is 80.6 cm³/mol. The van der Waals surface area contributed by atoms with Gasteiger partial charge < -0.3 is 16.1 Å². The van der Waals surface area contributed by atoms with E-state index in [1.165, 1.54) is 13.0 Å². The summed E-state index contributed by atoms with van der Waals surface area (Å²) in [6, 6.07) is 16.8. The van der Waals surface area contributed by atoms with Gasteiger partial charge in [-0.25, -0.2) is 0 Å². The van der Waals surface area contributed by atoms with Crippen molar-refractivity contribution >= 4 is 5.71 Å². The predicted octanol–water partition coefficient (Wildman–Crippen LogP) is 4.52. The third-order valence-electron chi connectivity index (χ3n) is 2.08. The molecular formula is C16H16IrN3. The van der Waals surface area contributed by atoms with Crippen molar-refractivity contribution in [1.82, 2.24) is 4.98 Å². The summed E-state index contributed by atoms with van der Waals surface area (Å²) in [7, 11) is 0. The topological polar surface area (TPSA) is 59.0 Å². The van der Waals surface area contributed by atoms with Crippen molar-refractivity contribution in [3.63, 3.8) is 0 Å². The third-order valence-corrected chi connectivity index (χ3v) is 2.08. The van der Waals surface area contributed by atoms with Crippen molar-refractivity contribution in [3.8, 4) is 11.3 Å². The van der Waals surface area contributed by atoms with E-state index in [9.17, 15) is 0 Å². The molecule has 0 radical (unpaired) electrons. The number of hydrogen-bond acceptors (Lipinski definition) is 1. The third kappa shape index (κ3) is 7.62. The number of benzene rings is 1. The van der Waals surface area contributed by atoms with Gasteiger partial charge in [0.1, 0.15) is 0 Å². The van der Waals surface area contributed by atoms with Crippen LogP contribution >= 0.6 is 0 Å². The van der Waals surface area contributed by atoms with Crippen LogP contribution in [0.25, 0.3) is 22.4 Å². The molecule has 0 saturated carbocycles. The van der Waals surface area contributed by atoms with Gasteiger partial charge >= 0.3 is 20.1 Å². The Bertz CT molecular complexity index is 495. The molecule has 104 valence electrons. The van der Waals surface area contributed by atoms with Crippen molar-refractivity contribution in [2.75, 3.05) is 0 Å². The first-order valence-corrected chi connectivity index (χ1v) is 5.90. The van der Waals surface area contributed by atoms with E-state index in [0.717, 1.165) is 11.3 Å². The van der Waals surface area contributed by atoms with Gasteiger partial charge in [-0.15, -0.1) is 42.0 Å². The fraction of sp³-hybridized carbons (Fsp3) is 0.125. The average molecular weight is 443 g/mol. The Morgan fingerprint density at radius 1 is 1.20 bits per heavy atom. The maximum atomic E-state index is 8.44. The van der Waals surface area contributed by atoms with Gasteiger partial charge in [0.05, 0.1) is 0 Å². The second kappa shape index (κ2) is 10.1. The molecule has 1 aromatic carbocycles. The van der Waals surface area contributed by atoms with Gasteiger partial charge in [0.15, 0.2) is 0 Å². The van der Waals surface area contributed by atoms with Crippen molar-refractivity contribution in [3.05, 3.63) is 77.6 Å². The zero-order chi connectivity index (χ0) is 14.1. The number of nitrogens with zero attached hydrogens (tertiary/aromatic N) is 2. The Balaban J connectivity index is 0.000000396. The molecule has 20 heavy (non-hydrogen) atoms. The Kier molecular flexibility index (Phi) is 9.18. The van der Waals surface area contributed by atoms with Gasteiger partial charge in [-0.2, -0.15) is 11.4 Å². The minimum absolute atomic E-state index is 0. The molecule has 0 amide bonds. The maximum absolute atomic E-state index is 8.44. The van der Waals surface area contributed by atoms with Gasteiger partial charge in [-0.05, 0) is 11.8 Å². The molecule has 0 unspecified atom stereocenters. The van der Waals surface area contributed by atoms with E-state index in [1.807, 2.05) is 42.5 Å². The molecular weight excluding hydrogens is 426 g/mol. The molecule has 3 nitrogen and oxygen atoms in total. The van der Waals surface area contributed by atoms with Crippen LogP contribution in [0.15, 0.2) is 60.4 Å². The van der Waals surface area contributed by atoms with Gasteiger partial charge in [0.25, 0.3) is 0 Å². The van der Waals surface area contributed by atoms with Gasteiger partial charge in [-0.3, -0.25) is 0 Å². The number of nitrogens with one attached hydrogen (secondary N) is 1. The average Bonchev–Trinajstić information content (AvgIpc) is 2.40. The number of pyridine rings is 1. The largest absolute Gasteiger partial charge is 3.00 e. The minimum atomic E-state index is 0. The maximum Gasteiger partial charge on any atom is 3.00 e. The van der Waals surface area contributed by atoms with Crippen LogP contribution in [0.1, 0.15) is 13.8 Å². The van der Waals surface area contributed by atoms with Crippen LogP contribution in [0.4, 0.5) is 0 Å². The van der Waals surface area contributed by atoms with Gasteiger partial charge in [-0.1, -0.05) is 26.0 Å². The minimum Gasteiger partial charge on any atom is -0.808 e. The molecule has 1 heterocycles. The van der Waals surface area contributed by atoms with E-state index < -0.39 is 0 Å². The molecule has 0 saturated heterocycles. The Hall–Kier alpha value is -1.77. The first-order valence-electron chi connectivity index (χ1n) is 5.90. The summed E-state index contributed by atoms with van der Waals surface area (Å²) in [5.41, 5.74) is 9.36. The molecule has 2 rings (SSSR count). The van der Waals surface area contributed by atoms with Crippen LogP contribution in [0.5, 0.6) is 0 Å². The number of hydrogen-bond donors (Lipinski definition) is 0. The van der Waals surface area contributed by atoms with Crippen LogP contribution in [0.2, 0.25) is 0 Å². The number of rotatable bonds is 2. The molecule has 0 aliphatic heterocycles. The first kappa shape index (κ1) is 18.2. The molecule has 2 aromatic rings. The number of allylic oxidation sites excluding steroid dienone is 2. The van der Waals surface area contributed by atoms with E-state index in [0.29, 0.717) is 5.70 Å². The van der Waals surface area contributed by atoms with Crippen molar-refractivity contribution in [1.29, 1.82) is 0 Å². The van der Waals surface area contributed by atoms with E-state index >= 15 is 0 Å². The first-order chi connectivity index (χ1) is 9.09. The molecule has 0 fully saturated rings. The van der Waals surface area contributed by atoms with Crippen molar-refractivity contribution in [2.45, 2.75) is 13.8 Å². The summed E-state index contributed by atoms with van der Waals surface area (Å²) < 4.78 is 0. The normalized spacial score (nSPS) is 9.80. The van der Waals surface area contributed by atoms with Crippen LogP contribution in [-0.2, 0) is 20.1 Å². The summed E-state index contributed by atoms with van der Waals surface area (Å²) in [6.45, 7) is 3.15. The van der Waals surface area contributed by atoms with E-state index in [4.69, 9.17) is 11.1 Å². The zero-order valence-corrected chi connectivity index (χ0v) is 13.8. The molecule has 1 N–H and O–H groups in total. The van der Waals surface area contributed by atoms with E-state index in [1.54, 1.807) is 13.1 Å². The fourth-order valence-corrected chi connectivity index (χ4v) is 1.39. The van der Waals surface area contributed by atoms with E-state index in [2.05, 4.69) is 11.1 Å². The van der Waals surface area contributed by atoms with Gasteiger partial charge in [0, 0.05) is 6.20 Å². The molecule has 4 heteroatoms. The Labute approximate surface area is 133 Å². The molecule has 0 atom stereocenters. The summed E-state index contributed by atoms with van der Waals surface area (Å²) >= 11 is 0. The summed E-state index contributed by atoms with van der Waals surface area (Å²) in [6.07, 6.45) is 3.18. The van der Waals surface area contributed by atoms with Gasteiger partial charge in [0.2, 0.25) is 0 Å². The molecule has 0 aliphatic carbocycles. The van der Waals surface area contributed by atoms with Crippen LogP contribution < -0.4 is 0 Å². The second-order valence-electron chi connectivity index (χ2n) is 3.96. The number of aromatic nitrogens is 1. The molecule has 0 bridgehead atoms. The van der Waals surface area contributed by atoms with Crippen molar-refractivity contribution < 1.29 is 20.1 Å². The Morgan fingerprint density at radius 2 is 1.90 bits per heavy atom. The van der Waals surface area contributed by atoms with Crippen LogP contribution in [-0.4, -0.2) is 10.7 Å². The summed E-state index contributed by atoms with van der Waals surface area (Å²) in [4.78, 5) is 4.22. The van der Waals surface area contributed by atoms with Crippen LogP contribution in [0.3, 0.4) is 0 Å². The standard InChI is InChI=1S/C11H8N.C5H8N2.Ir/c1-2-6-10(7-3-1)11-8-4-5-9-12-11;1-4(6)3-5(2)7;/h1-6,8-9H;3,6H,1-2H3;/q-1;-2;+3.